The summed E-state index contributed by atoms with van der Waals surface area (Å²) in [5.74, 6) is -0.938. The van der Waals surface area contributed by atoms with Gasteiger partial charge in [0.1, 0.15) is 0 Å². The van der Waals surface area contributed by atoms with Crippen LogP contribution in [-0.4, -0.2) is 41.5 Å². The van der Waals surface area contributed by atoms with Gasteiger partial charge in [-0.25, -0.2) is 13.1 Å². The number of aryl methyl sites for hydroxylation is 1. The molecule has 0 bridgehead atoms. The van der Waals surface area contributed by atoms with Gasteiger partial charge in [-0.3, -0.25) is 4.79 Å². The third kappa shape index (κ3) is 5.15. The Hall–Kier alpha value is -3.18. The number of para-hydroxylation sites is 1. The van der Waals surface area contributed by atoms with Gasteiger partial charge in [-0.2, -0.15) is 22.6 Å². The van der Waals surface area contributed by atoms with E-state index in [1.807, 2.05) is 0 Å². The SMILES string of the molecule is CCN(CC)S(=O)(=O)c1ccc(CNC(=O)c2cnn(-c3ccccc3C)c2C(F)(F)F)cc1. The van der Waals surface area contributed by atoms with Crippen molar-refractivity contribution in [1.29, 1.82) is 0 Å². The lowest BCUT2D eigenvalue weighted by atomic mass is 10.1. The molecule has 1 heterocycles. The van der Waals surface area contributed by atoms with Crippen molar-refractivity contribution in [2.24, 2.45) is 0 Å². The Balaban J connectivity index is 1.81. The molecule has 0 fully saturated rings. The maximum absolute atomic E-state index is 13.9. The highest BCUT2D eigenvalue weighted by Gasteiger charge is 2.40. The molecule has 0 saturated carbocycles. The van der Waals surface area contributed by atoms with E-state index in [1.54, 1.807) is 39.0 Å². The number of nitrogens with zero attached hydrogens (tertiary/aromatic N) is 3. The Morgan fingerprint density at radius 2 is 1.68 bits per heavy atom. The zero-order valence-corrected chi connectivity index (χ0v) is 19.7. The highest BCUT2D eigenvalue weighted by atomic mass is 32.2. The van der Waals surface area contributed by atoms with Crippen LogP contribution < -0.4 is 5.32 Å². The van der Waals surface area contributed by atoms with Crippen LogP contribution in [0.2, 0.25) is 0 Å². The molecule has 1 aromatic heterocycles. The molecule has 0 atom stereocenters. The smallest absolute Gasteiger partial charge is 0.348 e. The van der Waals surface area contributed by atoms with Crippen LogP contribution >= 0.6 is 0 Å². The number of aromatic nitrogens is 2. The van der Waals surface area contributed by atoms with Gasteiger partial charge in [0.25, 0.3) is 5.91 Å². The van der Waals surface area contributed by atoms with E-state index in [9.17, 15) is 26.4 Å². The zero-order chi connectivity index (χ0) is 25.1. The Bertz CT molecular complexity index is 1270. The molecule has 0 aliphatic heterocycles. The van der Waals surface area contributed by atoms with Crippen LogP contribution in [-0.2, 0) is 22.7 Å². The molecule has 3 rings (SSSR count). The summed E-state index contributed by atoms with van der Waals surface area (Å²) in [4.78, 5) is 12.7. The van der Waals surface area contributed by atoms with Crippen LogP contribution in [0.25, 0.3) is 5.69 Å². The number of nitrogens with one attached hydrogen (secondary N) is 1. The summed E-state index contributed by atoms with van der Waals surface area (Å²) in [5, 5.41) is 6.28. The Labute approximate surface area is 196 Å². The number of halogens is 3. The van der Waals surface area contributed by atoms with Crippen molar-refractivity contribution in [2.45, 2.75) is 38.4 Å². The third-order valence-corrected chi connectivity index (χ3v) is 7.41. The summed E-state index contributed by atoms with van der Waals surface area (Å²) in [6.07, 6.45) is -3.92. The molecular weight excluding hydrogens is 469 g/mol. The molecule has 182 valence electrons. The van der Waals surface area contributed by atoms with Gasteiger partial charge in [0.05, 0.1) is 22.3 Å². The van der Waals surface area contributed by atoms with E-state index in [0.29, 0.717) is 24.2 Å². The lowest BCUT2D eigenvalue weighted by Crippen LogP contribution is -2.30. The van der Waals surface area contributed by atoms with Crippen molar-refractivity contribution in [2.75, 3.05) is 13.1 Å². The van der Waals surface area contributed by atoms with Gasteiger partial charge >= 0.3 is 6.18 Å². The van der Waals surface area contributed by atoms with Crippen LogP contribution in [0.4, 0.5) is 13.2 Å². The Kier molecular flexibility index (Phi) is 7.47. The molecule has 7 nitrogen and oxygen atoms in total. The standard InChI is InChI=1S/C23H25F3N4O3S/c1-4-29(5-2)34(32,33)18-12-10-17(11-13-18)14-27-22(31)19-15-28-30(21(19)23(24,25)26)20-9-7-6-8-16(20)3/h6-13,15H,4-5,14H2,1-3H3,(H,27,31). The first-order chi connectivity index (χ1) is 16.0. The second-order valence-electron chi connectivity index (χ2n) is 7.52. The predicted molar refractivity (Wildman–Crippen MR) is 121 cm³/mol. The minimum atomic E-state index is -4.81. The van der Waals surface area contributed by atoms with Gasteiger partial charge < -0.3 is 5.32 Å². The summed E-state index contributed by atoms with van der Waals surface area (Å²) >= 11 is 0. The molecule has 0 radical (unpaired) electrons. The van der Waals surface area contributed by atoms with Gasteiger partial charge in [-0.1, -0.05) is 44.2 Å². The maximum Gasteiger partial charge on any atom is 0.434 e. The number of rotatable bonds is 8. The molecule has 0 unspecified atom stereocenters. The molecule has 11 heteroatoms. The lowest BCUT2D eigenvalue weighted by Gasteiger charge is -2.18. The summed E-state index contributed by atoms with van der Waals surface area (Å²) < 4.78 is 68.8. The van der Waals surface area contributed by atoms with E-state index in [4.69, 9.17) is 0 Å². The lowest BCUT2D eigenvalue weighted by molar-refractivity contribution is -0.143. The van der Waals surface area contributed by atoms with E-state index in [-0.39, 0.29) is 17.1 Å². The Morgan fingerprint density at radius 1 is 1.06 bits per heavy atom. The van der Waals surface area contributed by atoms with Crippen molar-refractivity contribution < 1.29 is 26.4 Å². The normalized spacial score (nSPS) is 12.2. The van der Waals surface area contributed by atoms with Gasteiger partial charge in [-0.05, 0) is 36.2 Å². The van der Waals surface area contributed by atoms with E-state index in [0.717, 1.165) is 10.9 Å². The molecule has 0 aliphatic carbocycles. The number of alkyl halides is 3. The second-order valence-corrected chi connectivity index (χ2v) is 9.46. The highest BCUT2D eigenvalue weighted by molar-refractivity contribution is 7.89. The number of carbonyl (C=O) groups is 1. The van der Waals surface area contributed by atoms with Crippen molar-refractivity contribution in [1.82, 2.24) is 19.4 Å². The van der Waals surface area contributed by atoms with Crippen LogP contribution in [0.3, 0.4) is 0 Å². The number of sulfonamides is 1. The fourth-order valence-electron chi connectivity index (χ4n) is 3.54. The fourth-order valence-corrected chi connectivity index (χ4v) is 5.00. The average Bonchev–Trinajstić information content (AvgIpc) is 3.24. The highest BCUT2D eigenvalue weighted by Crippen LogP contribution is 2.34. The quantitative estimate of drug-likeness (QED) is 0.510. The molecule has 0 spiro atoms. The predicted octanol–water partition coefficient (Wildman–Crippen LogP) is 4.16. The van der Waals surface area contributed by atoms with E-state index >= 15 is 0 Å². The molecule has 0 aliphatic rings. The number of hydrogen-bond donors (Lipinski definition) is 1. The van der Waals surface area contributed by atoms with Crippen LogP contribution in [0.5, 0.6) is 0 Å². The fraction of sp³-hybridized carbons (Fsp3) is 0.304. The minimum Gasteiger partial charge on any atom is -0.348 e. The van der Waals surface area contributed by atoms with Crippen LogP contribution in [0.1, 0.15) is 41.0 Å². The van der Waals surface area contributed by atoms with Crippen LogP contribution in [0, 0.1) is 6.92 Å². The molecule has 1 amide bonds. The summed E-state index contributed by atoms with van der Waals surface area (Å²) in [7, 11) is -3.63. The second kappa shape index (κ2) is 9.98. The van der Waals surface area contributed by atoms with Crippen molar-refractivity contribution >= 4 is 15.9 Å². The third-order valence-electron chi connectivity index (χ3n) is 5.35. The molecule has 3 aromatic rings. The zero-order valence-electron chi connectivity index (χ0n) is 18.9. The van der Waals surface area contributed by atoms with Crippen molar-refractivity contribution in [3.8, 4) is 5.69 Å². The van der Waals surface area contributed by atoms with E-state index in [2.05, 4.69) is 10.4 Å². The molecule has 0 saturated heterocycles. The summed E-state index contributed by atoms with van der Waals surface area (Å²) in [6.45, 7) is 5.70. The average molecular weight is 495 g/mol. The topological polar surface area (TPSA) is 84.3 Å². The monoisotopic (exact) mass is 494 g/mol. The first-order valence-electron chi connectivity index (χ1n) is 10.6. The number of amides is 1. The minimum absolute atomic E-state index is 0.0860. The number of carbonyl (C=O) groups excluding carboxylic acids is 1. The molecule has 1 N–H and O–H groups in total. The summed E-state index contributed by atoms with van der Waals surface area (Å²) in [5.41, 5.74) is -0.440. The van der Waals surface area contributed by atoms with Gasteiger partial charge in [0, 0.05) is 19.6 Å². The Morgan fingerprint density at radius 3 is 2.24 bits per heavy atom. The molecular formula is C23H25F3N4O3S. The number of hydrogen-bond acceptors (Lipinski definition) is 4. The van der Waals surface area contributed by atoms with Gasteiger partial charge in [0.2, 0.25) is 10.0 Å². The number of benzene rings is 2. The van der Waals surface area contributed by atoms with Gasteiger partial charge in [-0.15, -0.1) is 0 Å². The van der Waals surface area contributed by atoms with Crippen LogP contribution in [0.15, 0.2) is 59.6 Å². The van der Waals surface area contributed by atoms with E-state index in [1.165, 1.54) is 34.6 Å². The van der Waals surface area contributed by atoms with E-state index < -0.39 is 33.4 Å². The molecule has 2 aromatic carbocycles. The van der Waals surface area contributed by atoms with Gasteiger partial charge in [0.15, 0.2) is 5.69 Å². The van der Waals surface area contributed by atoms with Crippen molar-refractivity contribution in [3.05, 3.63) is 77.1 Å². The maximum atomic E-state index is 13.9. The summed E-state index contributed by atoms with van der Waals surface area (Å²) in [6, 6.07) is 12.3. The molecule has 34 heavy (non-hydrogen) atoms. The first kappa shape index (κ1) is 25.4. The van der Waals surface area contributed by atoms with Crippen molar-refractivity contribution in [3.63, 3.8) is 0 Å². The first-order valence-corrected chi connectivity index (χ1v) is 12.0. The largest absolute Gasteiger partial charge is 0.434 e.